The molecule has 2 atom stereocenters. The second kappa shape index (κ2) is 8.19. The van der Waals surface area contributed by atoms with E-state index in [1.807, 2.05) is 46.8 Å². The summed E-state index contributed by atoms with van der Waals surface area (Å²) in [6.07, 6.45) is 3.19. The summed E-state index contributed by atoms with van der Waals surface area (Å²) in [7, 11) is 1.94. The largest absolute Gasteiger partial charge is 0.335 e. The molecule has 1 aromatic heterocycles. The number of benzene rings is 2. The quantitative estimate of drug-likeness (QED) is 0.591. The van der Waals surface area contributed by atoms with Crippen LogP contribution in [0.2, 0.25) is 0 Å². The lowest BCUT2D eigenvalue weighted by atomic mass is 9.93. The van der Waals surface area contributed by atoms with E-state index in [1.165, 1.54) is 11.1 Å². The number of aryl methyl sites for hydroxylation is 1. The minimum Gasteiger partial charge on any atom is -0.335 e. The average Bonchev–Trinajstić information content (AvgIpc) is 3.06. The predicted octanol–water partition coefficient (Wildman–Crippen LogP) is 4.18. The van der Waals surface area contributed by atoms with Crippen molar-refractivity contribution in [2.24, 2.45) is 7.05 Å². The van der Waals surface area contributed by atoms with Crippen molar-refractivity contribution >= 4 is 17.7 Å². The van der Waals surface area contributed by atoms with Crippen LogP contribution in [-0.4, -0.2) is 32.1 Å². The van der Waals surface area contributed by atoms with E-state index in [9.17, 15) is 4.79 Å². The molecule has 4 rings (SSSR count). The lowest BCUT2D eigenvalue weighted by Crippen LogP contribution is -2.45. The number of hydrogen-bond donors (Lipinski definition) is 0. The Hall–Kier alpha value is -2.60. The van der Waals surface area contributed by atoms with Crippen molar-refractivity contribution in [1.82, 2.24) is 19.7 Å². The van der Waals surface area contributed by atoms with Gasteiger partial charge in [-0.3, -0.25) is 4.79 Å². The van der Waals surface area contributed by atoms with Gasteiger partial charge in [-0.15, -0.1) is 10.2 Å². The summed E-state index contributed by atoms with van der Waals surface area (Å²) in [6.45, 7) is 3.00. The van der Waals surface area contributed by atoms with E-state index in [4.69, 9.17) is 0 Å². The van der Waals surface area contributed by atoms with Crippen molar-refractivity contribution in [2.75, 3.05) is 6.54 Å². The zero-order valence-corrected chi connectivity index (χ0v) is 17.0. The highest BCUT2D eigenvalue weighted by Gasteiger charge is 2.32. The molecule has 28 heavy (non-hydrogen) atoms. The van der Waals surface area contributed by atoms with Gasteiger partial charge in [0.05, 0.1) is 12.5 Å². The molecule has 2 aromatic carbocycles. The van der Waals surface area contributed by atoms with Gasteiger partial charge in [0.1, 0.15) is 6.33 Å². The van der Waals surface area contributed by atoms with Gasteiger partial charge in [0.15, 0.2) is 5.16 Å². The van der Waals surface area contributed by atoms with E-state index in [0.717, 1.165) is 23.7 Å². The highest BCUT2D eigenvalue weighted by molar-refractivity contribution is 7.99. The van der Waals surface area contributed by atoms with Crippen LogP contribution in [0.3, 0.4) is 0 Å². The normalized spacial score (nSPS) is 17.2. The molecule has 0 radical (unpaired) electrons. The maximum atomic E-state index is 12.9. The molecule has 0 N–H and O–H groups in total. The number of thioether (sulfide) groups is 1. The summed E-state index contributed by atoms with van der Waals surface area (Å²) in [5.41, 5.74) is 3.48. The molecule has 5 nitrogen and oxygen atoms in total. The van der Waals surface area contributed by atoms with E-state index >= 15 is 0 Å². The van der Waals surface area contributed by atoms with Gasteiger partial charge < -0.3 is 9.47 Å². The molecule has 1 saturated heterocycles. The van der Waals surface area contributed by atoms with Gasteiger partial charge in [0.2, 0.25) is 5.91 Å². The molecule has 1 unspecified atom stereocenters. The van der Waals surface area contributed by atoms with E-state index in [1.54, 1.807) is 18.1 Å². The number of likely N-dealkylation sites (tertiary alicyclic amines) is 1. The fourth-order valence-electron chi connectivity index (χ4n) is 3.55. The van der Waals surface area contributed by atoms with Gasteiger partial charge in [0.25, 0.3) is 0 Å². The number of amides is 1. The van der Waals surface area contributed by atoms with Crippen LogP contribution in [0.5, 0.6) is 0 Å². The fraction of sp³-hybridized carbons (Fsp3) is 0.318. The first kappa shape index (κ1) is 18.7. The molecular weight excluding hydrogens is 368 g/mol. The number of rotatable bonds is 6. The highest BCUT2D eigenvalue weighted by Crippen LogP contribution is 2.35. The maximum Gasteiger partial charge on any atom is 0.227 e. The summed E-state index contributed by atoms with van der Waals surface area (Å²) in [5, 5.41) is 9.21. The third-order valence-corrected chi connectivity index (χ3v) is 6.46. The third kappa shape index (κ3) is 3.97. The molecule has 1 aliphatic heterocycles. The van der Waals surface area contributed by atoms with Crippen LogP contribution in [0.15, 0.2) is 66.1 Å². The third-order valence-electron chi connectivity index (χ3n) is 5.25. The standard InChI is InChI=1S/C22H24N4OS/c1-16(28-22-24-23-15-25(22)2)19-10-6-7-17(13-19)14-21(27)26-12-11-20(26)18-8-4-3-5-9-18/h3-10,13,15-16,20H,11-12,14H2,1-2H3/t16-,20?/m0/s1. The van der Waals surface area contributed by atoms with Gasteiger partial charge in [-0.1, -0.05) is 66.4 Å². The number of hydrogen-bond acceptors (Lipinski definition) is 4. The van der Waals surface area contributed by atoms with E-state index in [2.05, 4.69) is 41.4 Å². The molecule has 1 amide bonds. The first-order chi connectivity index (χ1) is 13.6. The van der Waals surface area contributed by atoms with E-state index in [0.29, 0.717) is 6.42 Å². The molecule has 0 bridgehead atoms. The van der Waals surface area contributed by atoms with Crippen molar-refractivity contribution in [3.05, 3.63) is 77.6 Å². The van der Waals surface area contributed by atoms with Crippen LogP contribution < -0.4 is 0 Å². The first-order valence-electron chi connectivity index (χ1n) is 9.55. The minimum absolute atomic E-state index is 0.200. The van der Waals surface area contributed by atoms with Gasteiger partial charge >= 0.3 is 0 Å². The predicted molar refractivity (Wildman–Crippen MR) is 111 cm³/mol. The van der Waals surface area contributed by atoms with Crippen molar-refractivity contribution in [3.8, 4) is 0 Å². The van der Waals surface area contributed by atoms with Crippen molar-refractivity contribution in [3.63, 3.8) is 0 Å². The van der Waals surface area contributed by atoms with Crippen LogP contribution in [0.4, 0.5) is 0 Å². The van der Waals surface area contributed by atoms with Gasteiger partial charge in [0, 0.05) is 18.8 Å². The molecule has 144 valence electrons. The van der Waals surface area contributed by atoms with Crippen molar-refractivity contribution in [1.29, 1.82) is 0 Å². The second-order valence-electron chi connectivity index (χ2n) is 7.21. The van der Waals surface area contributed by atoms with Crippen LogP contribution in [-0.2, 0) is 18.3 Å². The highest BCUT2D eigenvalue weighted by atomic mass is 32.2. The number of nitrogens with zero attached hydrogens (tertiary/aromatic N) is 4. The second-order valence-corrected chi connectivity index (χ2v) is 8.52. The smallest absolute Gasteiger partial charge is 0.227 e. The summed E-state index contributed by atoms with van der Waals surface area (Å²) in [6, 6.07) is 18.9. The Morgan fingerprint density at radius 3 is 2.71 bits per heavy atom. The van der Waals surface area contributed by atoms with Gasteiger partial charge in [-0.05, 0) is 30.0 Å². The molecular formula is C22H24N4OS. The zero-order valence-electron chi connectivity index (χ0n) is 16.2. The SMILES string of the molecule is C[C@H](Sc1nncn1C)c1cccc(CC(=O)N2CCC2c2ccccc2)c1. The zero-order chi connectivity index (χ0) is 19.5. The van der Waals surface area contributed by atoms with Crippen LogP contribution in [0.25, 0.3) is 0 Å². The summed E-state index contributed by atoms with van der Waals surface area (Å²) in [5.74, 6) is 0.200. The van der Waals surface area contributed by atoms with Crippen LogP contribution in [0.1, 0.15) is 41.3 Å². The lowest BCUT2D eigenvalue weighted by molar-refractivity contribution is -0.138. The van der Waals surface area contributed by atoms with E-state index < -0.39 is 0 Å². The Kier molecular flexibility index (Phi) is 5.48. The molecule has 6 heteroatoms. The first-order valence-corrected chi connectivity index (χ1v) is 10.4. The summed E-state index contributed by atoms with van der Waals surface area (Å²) in [4.78, 5) is 14.9. The fourth-order valence-corrected chi connectivity index (χ4v) is 4.45. The molecule has 1 fully saturated rings. The average molecular weight is 393 g/mol. The van der Waals surface area contributed by atoms with Crippen molar-refractivity contribution in [2.45, 2.75) is 36.2 Å². The monoisotopic (exact) mass is 392 g/mol. The van der Waals surface area contributed by atoms with Crippen LogP contribution in [0, 0.1) is 0 Å². The number of carbonyl (C=O) groups excluding carboxylic acids is 1. The Labute approximate surface area is 169 Å². The summed E-state index contributed by atoms with van der Waals surface area (Å²) < 4.78 is 1.92. The van der Waals surface area contributed by atoms with E-state index in [-0.39, 0.29) is 17.2 Å². The molecule has 3 aromatic rings. The van der Waals surface area contributed by atoms with Gasteiger partial charge in [-0.25, -0.2) is 0 Å². The molecule has 2 heterocycles. The Bertz CT molecular complexity index is 956. The maximum absolute atomic E-state index is 12.9. The molecule has 0 spiro atoms. The van der Waals surface area contributed by atoms with Crippen LogP contribution >= 0.6 is 11.8 Å². The van der Waals surface area contributed by atoms with Gasteiger partial charge in [-0.2, -0.15) is 0 Å². The number of carbonyl (C=O) groups is 1. The molecule has 0 saturated carbocycles. The minimum atomic E-state index is 0.200. The molecule has 0 aliphatic carbocycles. The Morgan fingerprint density at radius 1 is 1.21 bits per heavy atom. The Morgan fingerprint density at radius 2 is 2.04 bits per heavy atom. The Balaban J connectivity index is 1.42. The topological polar surface area (TPSA) is 51.0 Å². The number of aromatic nitrogens is 3. The van der Waals surface area contributed by atoms with Crippen molar-refractivity contribution < 1.29 is 4.79 Å². The molecule has 1 aliphatic rings. The lowest BCUT2D eigenvalue weighted by Gasteiger charge is -2.41. The summed E-state index contributed by atoms with van der Waals surface area (Å²) >= 11 is 1.67.